The van der Waals surface area contributed by atoms with Gasteiger partial charge in [-0.05, 0) is 51.7 Å². The molecule has 0 aliphatic heterocycles. The van der Waals surface area contributed by atoms with Crippen LogP contribution in [0, 0.1) is 0 Å². The lowest BCUT2D eigenvalue weighted by molar-refractivity contribution is -0.134. The zero-order chi connectivity index (χ0) is 24.5. The zero-order valence-corrected chi connectivity index (χ0v) is 20.1. The number of rotatable bonds is 12. The first-order valence-corrected chi connectivity index (χ1v) is 11.8. The first-order valence-electron chi connectivity index (χ1n) is 10.3. The van der Waals surface area contributed by atoms with Crippen LogP contribution in [-0.2, 0) is 21.5 Å². The molecular weight excluding hydrogens is 438 g/mol. The minimum atomic E-state index is -3.56. The topological polar surface area (TPSA) is 152 Å². The summed E-state index contributed by atoms with van der Waals surface area (Å²) in [5.74, 6) is -0.692. The Labute approximate surface area is 190 Å². The predicted molar refractivity (Wildman–Crippen MR) is 120 cm³/mol. The van der Waals surface area contributed by atoms with Crippen molar-refractivity contribution in [1.29, 1.82) is 0 Å². The van der Waals surface area contributed by atoms with Crippen molar-refractivity contribution in [3.05, 3.63) is 30.1 Å². The fourth-order valence-electron chi connectivity index (χ4n) is 3.13. The van der Waals surface area contributed by atoms with E-state index in [1.54, 1.807) is 45.3 Å². The summed E-state index contributed by atoms with van der Waals surface area (Å²) < 4.78 is 27.0. The molecule has 182 valence electrons. The molecule has 32 heavy (non-hydrogen) atoms. The zero-order valence-electron chi connectivity index (χ0n) is 19.3. The maximum absolute atomic E-state index is 12.6. The van der Waals surface area contributed by atoms with Gasteiger partial charge in [0.1, 0.15) is 0 Å². The number of carbonyl (C=O) groups excluding carboxylic acids is 1. The Hall–Kier alpha value is -2.28. The van der Waals surface area contributed by atoms with E-state index in [1.165, 1.54) is 14.1 Å². The number of aliphatic hydroxyl groups is 1. The Bertz CT molecular complexity index is 842. The van der Waals surface area contributed by atoms with E-state index < -0.39 is 39.9 Å². The van der Waals surface area contributed by atoms with Gasteiger partial charge in [0.25, 0.3) is 16.1 Å². The number of aliphatic hydroxyl groups excluding tert-OH is 1. The molecule has 0 fully saturated rings. The fraction of sp³-hybridized carbons (Fsp3) is 0.650. The smallest absolute Gasteiger partial charge is 0.408 e. The van der Waals surface area contributed by atoms with Crippen molar-refractivity contribution in [2.75, 3.05) is 20.6 Å². The van der Waals surface area contributed by atoms with Gasteiger partial charge in [0.2, 0.25) is 0 Å². The van der Waals surface area contributed by atoms with Crippen molar-refractivity contribution in [2.24, 2.45) is 0 Å². The van der Waals surface area contributed by atoms with Gasteiger partial charge in [-0.15, -0.1) is 0 Å². The van der Waals surface area contributed by atoms with Crippen LogP contribution < -0.4 is 10.0 Å². The third-order valence-corrected chi connectivity index (χ3v) is 6.31. The molecule has 1 rings (SSSR count). The van der Waals surface area contributed by atoms with Crippen molar-refractivity contribution >= 4 is 22.2 Å². The minimum absolute atomic E-state index is 0.144. The number of nitrogens with zero attached hydrogens (tertiary/aromatic N) is 3. The first-order chi connectivity index (χ1) is 14.8. The third-order valence-electron chi connectivity index (χ3n) is 4.77. The Morgan fingerprint density at radius 2 is 1.88 bits per heavy atom. The van der Waals surface area contributed by atoms with Crippen LogP contribution >= 0.6 is 0 Å². The van der Waals surface area contributed by atoms with E-state index >= 15 is 0 Å². The number of unbranched alkanes of at least 4 members (excludes halogenated alkanes) is 1. The first kappa shape index (κ1) is 27.8. The number of amides is 2. The van der Waals surface area contributed by atoms with Gasteiger partial charge in [0.15, 0.2) is 6.10 Å². The Kier molecular flexibility index (Phi) is 10.5. The quantitative estimate of drug-likeness (QED) is 0.327. The molecule has 1 aromatic heterocycles. The summed E-state index contributed by atoms with van der Waals surface area (Å²) in [5.41, 5.74) is -0.128. The summed E-state index contributed by atoms with van der Waals surface area (Å²) in [6.45, 7) is 5.34. The van der Waals surface area contributed by atoms with Crippen molar-refractivity contribution in [3.63, 3.8) is 0 Å². The van der Waals surface area contributed by atoms with Gasteiger partial charge in [-0.1, -0.05) is 6.07 Å². The van der Waals surface area contributed by atoms with Crippen molar-refractivity contribution in [2.45, 2.75) is 64.3 Å². The molecule has 12 heteroatoms. The number of hydrogen-bond acceptors (Lipinski definition) is 6. The van der Waals surface area contributed by atoms with Gasteiger partial charge >= 0.3 is 6.09 Å². The van der Waals surface area contributed by atoms with Crippen LogP contribution in [0.1, 0.15) is 45.6 Å². The van der Waals surface area contributed by atoms with Crippen LogP contribution in [0.2, 0.25) is 0 Å². The van der Waals surface area contributed by atoms with Gasteiger partial charge in [-0.25, -0.2) is 9.52 Å². The SMILES string of the molecule is CN(C)S(=O)(=O)NCCCCC(C(O)C(=O)NCc1cccnc1)N(C(=O)O)C(C)(C)C. The molecule has 2 unspecified atom stereocenters. The third kappa shape index (κ3) is 8.69. The number of nitrogens with one attached hydrogen (secondary N) is 2. The highest BCUT2D eigenvalue weighted by molar-refractivity contribution is 7.87. The van der Waals surface area contributed by atoms with E-state index in [2.05, 4.69) is 15.0 Å². The van der Waals surface area contributed by atoms with E-state index in [0.29, 0.717) is 12.8 Å². The highest BCUT2D eigenvalue weighted by atomic mass is 32.2. The molecule has 11 nitrogen and oxygen atoms in total. The normalized spacial score (nSPS) is 14.1. The summed E-state index contributed by atoms with van der Waals surface area (Å²) in [6, 6.07) is 2.48. The van der Waals surface area contributed by atoms with E-state index in [0.717, 1.165) is 14.8 Å². The molecule has 1 aromatic rings. The standard InChI is InChI=1S/C20H35N5O6S/c1-20(2,3)25(19(28)29)16(10-6-7-12-23-32(30,31)24(4)5)17(26)18(27)22-14-15-9-8-11-21-13-15/h8-9,11,13,16-17,23,26H,6-7,10,12,14H2,1-5H3,(H,22,27)(H,28,29). The second kappa shape index (κ2) is 12.1. The van der Waals surface area contributed by atoms with Gasteiger partial charge in [-0.2, -0.15) is 12.7 Å². The highest BCUT2D eigenvalue weighted by Crippen LogP contribution is 2.23. The summed E-state index contributed by atoms with van der Waals surface area (Å²) in [7, 11) is -0.736. The lowest BCUT2D eigenvalue weighted by Crippen LogP contribution is -2.58. The molecule has 4 N–H and O–H groups in total. The Balaban J connectivity index is 2.85. The molecule has 0 spiro atoms. The van der Waals surface area contributed by atoms with Gasteiger partial charge in [0, 0.05) is 45.1 Å². The van der Waals surface area contributed by atoms with Crippen LogP contribution in [0.4, 0.5) is 4.79 Å². The lowest BCUT2D eigenvalue weighted by Gasteiger charge is -2.41. The van der Waals surface area contributed by atoms with Gasteiger partial charge in [-0.3, -0.25) is 14.7 Å². The van der Waals surface area contributed by atoms with Crippen LogP contribution in [0.25, 0.3) is 0 Å². The van der Waals surface area contributed by atoms with Crippen LogP contribution in [0.3, 0.4) is 0 Å². The number of pyridine rings is 1. The summed E-state index contributed by atoms with van der Waals surface area (Å²) in [5, 5.41) is 23.1. The average molecular weight is 474 g/mol. The molecule has 0 aliphatic rings. The second-order valence-electron chi connectivity index (χ2n) is 8.59. The number of carboxylic acid groups (broad SMARTS) is 1. The molecule has 0 bridgehead atoms. The van der Waals surface area contributed by atoms with Crippen molar-refractivity contribution in [3.8, 4) is 0 Å². The van der Waals surface area contributed by atoms with E-state index in [4.69, 9.17) is 0 Å². The Morgan fingerprint density at radius 3 is 2.38 bits per heavy atom. The van der Waals surface area contributed by atoms with Gasteiger partial charge < -0.3 is 15.5 Å². The fourth-order valence-corrected chi connectivity index (χ4v) is 3.79. The molecule has 0 radical (unpaired) electrons. The molecule has 0 aliphatic carbocycles. The predicted octanol–water partition coefficient (Wildman–Crippen LogP) is 0.772. The highest BCUT2D eigenvalue weighted by Gasteiger charge is 2.39. The molecule has 2 amide bonds. The van der Waals surface area contributed by atoms with Crippen LogP contribution in [0.15, 0.2) is 24.5 Å². The summed E-state index contributed by atoms with van der Waals surface area (Å²) in [6.07, 6.45) is 1.31. The van der Waals surface area contributed by atoms with E-state index in [9.17, 15) is 28.2 Å². The van der Waals surface area contributed by atoms with E-state index in [1.807, 2.05) is 0 Å². The molecule has 0 saturated carbocycles. The number of aromatic nitrogens is 1. The molecule has 2 atom stereocenters. The maximum atomic E-state index is 12.6. The average Bonchev–Trinajstić information content (AvgIpc) is 2.69. The minimum Gasteiger partial charge on any atom is -0.465 e. The van der Waals surface area contributed by atoms with Crippen LogP contribution in [-0.4, -0.2) is 83.1 Å². The Morgan fingerprint density at radius 1 is 1.22 bits per heavy atom. The van der Waals surface area contributed by atoms with Gasteiger partial charge in [0.05, 0.1) is 6.04 Å². The molecular formula is C20H35N5O6S. The number of hydrogen-bond donors (Lipinski definition) is 4. The van der Waals surface area contributed by atoms with Crippen molar-refractivity contribution < 1.29 is 28.2 Å². The maximum Gasteiger partial charge on any atom is 0.408 e. The molecule has 0 saturated heterocycles. The molecule has 1 heterocycles. The summed E-state index contributed by atoms with van der Waals surface area (Å²) >= 11 is 0. The van der Waals surface area contributed by atoms with Crippen LogP contribution in [0.5, 0.6) is 0 Å². The number of carbonyl (C=O) groups is 2. The monoisotopic (exact) mass is 473 g/mol. The second-order valence-corrected chi connectivity index (χ2v) is 10.6. The molecule has 0 aromatic carbocycles. The lowest BCUT2D eigenvalue weighted by atomic mass is 9.95. The van der Waals surface area contributed by atoms with Crippen molar-refractivity contribution in [1.82, 2.24) is 24.2 Å². The largest absolute Gasteiger partial charge is 0.465 e. The summed E-state index contributed by atoms with van der Waals surface area (Å²) in [4.78, 5) is 29.6. The van der Waals surface area contributed by atoms with E-state index in [-0.39, 0.29) is 19.5 Å².